The van der Waals surface area contributed by atoms with Gasteiger partial charge < -0.3 is 5.32 Å². The van der Waals surface area contributed by atoms with Crippen molar-refractivity contribution in [3.05, 3.63) is 58.9 Å². The Kier molecular flexibility index (Phi) is 4.68. The van der Waals surface area contributed by atoms with Crippen molar-refractivity contribution in [2.45, 2.75) is 33.4 Å². The van der Waals surface area contributed by atoms with Gasteiger partial charge in [0.1, 0.15) is 17.5 Å². The molecule has 0 aromatic heterocycles. The summed E-state index contributed by atoms with van der Waals surface area (Å²) in [5.74, 6) is -1.38. The minimum Gasteiger partial charge on any atom is -0.310 e. The largest absolute Gasteiger partial charge is 0.310 e. The molecule has 0 fully saturated rings. The van der Waals surface area contributed by atoms with E-state index in [-0.39, 0.29) is 17.2 Å². The third-order valence-electron chi connectivity index (χ3n) is 3.31. The van der Waals surface area contributed by atoms with Crippen molar-refractivity contribution in [3.8, 4) is 11.1 Å². The molecule has 2 aromatic rings. The second-order valence-electron chi connectivity index (χ2n) is 5.42. The minimum absolute atomic E-state index is 0.152. The van der Waals surface area contributed by atoms with Crippen molar-refractivity contribution >= 4 is 0 Å². The van der Waals surface area contributed by atoms with Gasteiger partial charge in [-0.25, -0.2) is 13.2 Å². The van der Waals surface area contributed by atoms with Crippen LogP contribution in [0.25, 0.3) is 11.1 Å². The lowest BCUT2D eigenvalue weighted by Gasteiger charge is -2.14. The molecule has 0 heterocycles. The zero-order chi connectivity index (χ0) is 15.6. The number of aryl methyl sites for hydroxylation is 1. The number of nitrogens with one attached hydrogen (secondary N) is 1. The maximum atomic E-state index is 14.1. The zero-order valence-electron chi connectivity index (χ0n) is 12.3. The molecule has 0 saturated carbocycles. The highest BCUT2D eigenvalue weighted by atomic mass is 19.1. The van der Waals surface area contributed by atoms with Gasteiger partial charge >= 0.3 is 0 Å². The molecule has 0 spiro atoms. The van der Waals surface area contributed by atoms with Crippen LogP contribution in [0.3, 0.4) is 0 Å². The van der Waals surface area contributed by atoms with Gasteiger partial charge in [0.2, 0.25) is 0 Å². The predicted molar refractivity (Wildman–Crippen MR) is 78.5 cm³/mol. The first-order chi connectivity index (χ1) is 9.88. The van der Waals surface area contributed by atoms with E-state index < -0.39 is 17.5 Å². The van der Waals surface area contributed by atoms with E-state index in [1.54, 1.807) is 0 Å². The molecular weight excluding hydrogens is 275 g/mol. The predicted octanol–water partition coefficient (Wildman–Crippen LogP) is 4.58. The fourth-order valence-electron chi connectivity index (χ4n) is 2.14. The lowest BCUT2D eigenvalue weighted by Crippen LogP contribution is -2.22. The SMILES string of the molecule is Cc1cc(F)c(-c2ccc(F)cc2CNC(C)C)cc1F. The van der Waals surface area contributed by atoms with Gasteiger partial charge in [-0.3, -0.25) is 0 Å². The van der Waals surface area contributed by atoms with Gasteiger partial charge in [-0.15, -0.1) is 0 Å². The third-order valence-corrected chi connectivity index (χ3v) is 3.31. The van der Waals surface area contributed by atoms with Gasteiger partial charge in [0, 0.05) is 18.2 Å². The van der Waals surface area contributed by atoms with Crippen LogP contribution in [-0.2, 0) is 6.54 Å². The van der Waals surface area contributed by atoms with Gasteiger partial charge in [0.25, 0.3) is 0 Å². The first kappa shape index (κ1) is 15.6. The van der Waals surface area contributed by atoms with Crippen LogP contribution in [0.15, 0.2) is 30.3 Å². The number of rotatable bonds is 4. The van der Waals surface area contributed by atoms with Gasteiger partial charge in [0.05, 0.1) is 0 Å². The monoisotopic (exact) mass is 293 g/mol. The molecule has 0 bridgehead atoms. The van der Waals surface area contributed by atoms with Crippen molar-refractivity contribution < 1.29 is 13.2 Å². The summed E-state index contributed by atoms with van der Waals surface area (Å²) in [5, 5.41) is 3.16. The Morgan fingerprint density at radius 3 is 2.33 bits per heavy atom. The number of halogens is 3. The molecule has 0 aliphatic carbocycles. The highest BCUT2D eigenvalue weighted by Crippen LogP contribution is 2.29. The third kappa shape index (κ3) is 3.64. The Labute approximate surface area is 122 Å². The normalized spacial score (nSPS) is 11.2. The van der Waals surface area contributed by atoms with Crippen LogP contribution >= 0.6 is 0 Å². The van der Waals surface area contributed by atoms with Gasteiger partial charge in [-0.05, 0) is 47.9 Å². The average molecular weight is 293 g/mol. The van der Waals surface area contributed by atoms with Crippen molar-refractivity contribution in [3.63, 3.8) is 0 Å². The second-order valence-corrected chi connectivity index (χ2v) is 5.42. The Bertz CT molecular complexity index is 651. The van der Waals surface area contributed by atoms with E-state index in [1.165, 1.54) is 25.1 Å². The first-order valence-corrected chi connectivity index (χ1v) is 6.86. The van der Waals surface area contributed by atoms with Crippen LogP contribution < -0.4 is 5.32 Å². The van der Waals surface area contributed by atoms with E-state index in [4.69, 9.17) is 0 Å². The smallest absolute Gasteiger partial charge is 0.131 e. The molecule has 112 valence electrons. The van der Waals surface area contributed by atoms with Crippen molar-refractivity contribution in [2.75, 3.05) is 0 Å². The van der Waals surface area contributed by atoms with E-state index in [0.29, 0.717) is 17.7 Å². The number of hydrogen-bond donors (Lipinski definition) is 1. The fraction of sp³-hybridized carbons (Fsp3) is 0.294. The first-order valence-electron chi connectivity index (χ1n) is 6.86. The molecule has 4 heteroatoms. The Morgan fingerprint density at radius 2 is 1.67 bits per heavy atom. The molecule has 2 aromatic carbocycles. The summed E-state index contributed by atoms with van der Waals surface area (Å²) in [7, 11) is 0. The Balaban J connectivity index is 2.50. The Morgan fingerprint density at radius 1 is 0.952 bits per heavy atom. The summed E-state index contributed by atoms with van der Waals surface area (Å²) in [6.45, 7) is 5.82. The fourth-order valence-corrected chi connectivity index (χ4v) is 2.14. The van der Waals surface area contributed by atoms with Crippen LogP contribution in [0.1, 0.15) is 25.0 Å². The summed E-state index contributed by atoms with van der Waals surface area (Å²) in [6, 6.07) is 6.62. The molecule has 0 aliphatic heterocycles. The summed E-state index contributed by atoms with van der Waals surface area (Å²) in [5.41, 5.74) is 1.51. The van der Waals surface area contributed by atoms with Gasteiger partial charge in [-0.2, -0.15) is 0 Å². The zero-order valence-corrected chi connectivity index (χ0v) is 12.3. The maximum Gasteiger partial charge on any atom is 0.131 e. The molecular formula is C17H18F3N. The maximum absolute atomic E-state index is 14.1. The standard InChI is InChI=1S/C17H18F3N/c1-10(2)21-9-12-7-13(18)4-5-14(12)15-8-16(19)11(3)6-17(15)20/h4-8,10,21H,9H2,1-3H3. The summed E-state index contributed by atoms with van der Waals surface area (Å²) in [4.78, 5) is 0. The van der Waals surface area contributed by atoms with E-state index in [0.717, 1.165) is 12.1 Å². The van der Waals surface area contributed by atoms with E-state index in [1.807, 2.05) is 13.8 Å². The highest BCUT2D eigenvalue weighted by Gasteiger charge is 2.14. The average Bonchev–Trinajstić information content (AvgIpc) is 2.41. The lowest BCUT2D eigenvalue weighted by molar-refractivity contribution is 0.580. The van der Waals surface area contributed by atoms with Crippen molar-refractivity contribution in [1.29, 1.82) is 0 Å². The minimum atomic E-state index is -0.508. The molecule has 1 N–H and O–H groups in total. The summed E-state index contributed by atoms with van der Waals surface area (Å²) >= 11 is 0. The van der Waals surface area contributed by atoms with Crippen molar-refractivity contribution in [1.82, 2.24) is 5.32 Å². The van der Waals surface area contributed by atoms with Crippen LogP contribution in [0.5, 0.6) is 0 Å². The summed E-state index contributed by atoms with van der Waals surface area (Å²) < 4.78 is 41.3. The highest BCUT2D eigenvalue weighted by molar-refractivity contribution is 5.68. The van der Waals surface area contributed by atoms with Gasteiger partial charge in [-0.1, -0.05) is 19.9 Å². The molecule has 0 atom stereocenters. The van der Waals surface area contributed by atoms with Gasteiger partial charge in [0.15, 0.2) is 0 Å². The van der Waals surface area contributed by atoms with Crippen LogP contribution in [0.4, 0.5) is 13.2 Å². The second kappa shape index (κ2) is 6.31. The molecule has 1 nitrogen and oxygen atoms in total. The number of benzene rings is 2. The molecule has 0 saturated heterocycles. The molecule has 0 amide bonds. The topological polar surface area (TPSA) is 12.0 Å². The molecule has 21 heavy (non-hydrogen) atoms. The van der Waals surface area contributed by atoms with E-state index in [9.17, 15) is 13.2 Å². The Hall–Kier alpha value is -1.81. The molecule has 0 radical (unpaired) electrons. The van der Waals surface area contributed by atoms with Crippen LogP contribution in [0.2, 0.25) is 0 Å². The lowest BCUT2D eigenvalue weighted by atomic mass is 9.97. The molecule has 2 rings (SSSR count). The van der Waals surface area contributed by atoms with Crippen LogP contribution in [0, 0.1) is 24.4 Å². The quantitative estimate of drug-likeness (QED) is 0.870. The van der Waals surface area contributed by atoms with Crippen molar-refractivity contribution in [2.24, 2.45) is 0 Å². The van der Waals surface area contributed by atoms with E-state index in [2.05, 4.69) is 5.32 Å². The van der Waals surface area contributed by atoms with Crippen LogP contribution in [-0.4, -0.2) is 6.04 Å². The molecule has 0 aliphatic rings. The summed E-state index contributed by atoms with van der Waals surface area (Å²) in [6.07, 6.45) is 0. The molecule has 0 unspecified atom stereocenters. The van der Waals surface area contributed by atoms with E-state index >= 15 is 0 Å². The number of hydrogen-bond acceptors (Lipinski definition) is 1.